The molecule has 1 aromatic rings. The Labute approximate surface area is 87.9 Å². The van der Waals surface area contributed by atoms with Crippen molar-refractivity contribution >= 4 is 5.69 Å². The summed E-state index contributed by atoms with van der Waals surface area (Å²) in [4.78, 5) is 4.01. The van der Waals surface area contributed by atoms with Gasteiger partial charge in [0.2, 0.25) is 0 Å². The molecule has 15 heavy (non-hydrogen) atoms. The molecule has 0 radical (unpaired) electrons. The molecule has 0 bridgehead atoms. The average Bonchev–Trinajstić information content (AvgIpc) is 2.28. The molecule has 1 atom stereocenters. The fourth-order valence-electron chi connectivity index (χ4n) is 1.09. The lowest BCUT2D eigenvalue weighted by Crippen LogP contribution is -2.42. The maximum absolute atomic E-state index is 8.25. The number of methoxy groups -OCH3 is 1. The Bertz CT molecular complexity index is 274. The first kappa shape index (κ1) is 11.9. The van der Waals surface area contributed by atoms with Gasteiger partial charge in [0.05, 0.1) is 0 Å². The fourth-order valence-corrected chi connectivity index (χ4v) is 1.09. The molecule has 84 valence electrons. The van der Waals surface area contributed by atoms with E-state index in [2.05, 4.69) is 15.6 Å². The Morgan fingerprint density at radius 2 is 2.07 bits per heavy atom. The lowest BCUT2D eigenvalue weighted by atomic mass is 10.2. The van der Waals surface area contributed by atoms with Crippen molar-refractivity contribution in [2.24, 2.45) is 5.84 Å². The summed E-state index contributed by atoms with van der Waals surface area (Å²) in [6.45, 7) is 0.170. The van der Waals surface area contributed by atoms with E-state index in [-0.39, 0.29) is 6.61 Å². The highest BCUT2D eigenvalue weighted by atomic mass is 17.1. The van der Waals surface area contributed by atoms with Crippen molar-refractivity contribution in [2.75, 3.05) is 12.4 Å². The molecule has 0 heterocycles. The van der Waals surface area contributed by atoms with Crippen LogP contribution in [0.15, 0.2) is 24.3 Å². The van der Waals surface area contributed by atoms with Crippen LogP contribution in [0.2, 0.25) is 0 Å². The van der Waals surface area contributed by atoms with Crippen molar-refractivity contribution < 1.29 is 14.9 Å². The number of anilines is 1. The topological polar surface area (TPSA) is 88.8 Å². The van der Waals surface area contributed by atoms with Crippen molar-refractivity contribution in [2.45, 2.75) is 13.0 Å². The lowest BCUT2D eigenvalue weighted by Gasteiger charge is -2.16. The standard InChI is InChI=1S/C9H15N3O3/c1-14-9(12-10)11-8-4-2-7(3-5-8)6-15-13/h2-5,9,11-13H,6,10H2,1H3. The molecule has 0 saturated carbocycles. The molecule has 0 amide bonds. The van der Waals surface area contributed by atoms with Crippen molar-refractivity contribution in [3.05, 3.63) is 29.8 Å². The molecule has 0 aliphatic heterocycles. The summed E-state index contributed by atoms with van der Waals surface area (Å²) >= 11 is 0. The van der Waals surface area contributed by atoms with Crippen LogP contribution in [0.1, 0.15) is 5.56 Å². The first-order valence-electron chi connectivity index (χ1n) is 4.41. The van der Waals surface area contributed by atoms with Gasteiger partial charge in [0.15, 0.2) is 6.35 Å². The Kier molecular flexibility index (Phi) is 5.02. The summed E-state index contributed by atoms with van der Waals surface area (Å²) in [6, 6.07) is 7.30. The third kappa shape index (κ3) is 3.82. The van der Waals surface area contributed by atoms with Crippen molar-refractivity contribution in [3.63, 3.8) is 0 Å². The van der Waals surface area contributed by atoms with Crippen LogP contribution in [0.25, 0.3) is 0 Å². The van der Waals surface area contributed by atoms with Crippen LogP contribution in [0.5, 0.6) is 0 Å². The quantitative estimate of drug-likeness (QED) is 0.238. The van der Waals surface area contributed by atoms with E-state index in [4.69, 9.17) is 15.8 Å². The molecule has 6 heteroatoms. The largest absolute Gasteiger partial charge is 0.347 e. The van der Waals surface area contributed by atoms with Crippen LogP contribution in [-0.4, -0.2) is 18.7 Å². The minimum absolute atomic E-state index is 0.170. The molecule has 0 fully saturated rings. The number of hydrazine groups is 1. The normalized spacial score (nSPS) is 12.5. The maximum atomic E-state index is 8.25. The molecule has 0 aromatic heterocycles. The second-order valence-corrected chi connectivity index (χ2v) is 2.90. The van der Waals surface area contributed by atoms with E-state index >= 15 is 0 Å². The van der Waals surface area contributed by atoms with E-state index in [1.54, 1.807) is 0 Å². The Balaban J connectivity index is 2.55. The monoisotopic (exact) mass is 213 g/mol. The Morgan fingerprint density at radius 1 is 1.40 bits per heavy atom. The van der Waals surface area contributed by atoms with Crippen LogP contribution < -0.4 is 16.6 Å². The van der Waals surface area contributed by atoms with Crippen molar-refractivity contribution in [1.82, 2.24) is 5.43 Å². The minimum Gasteiger partial charge on any atom is -0.347 e. The number of nitrogens with two attached hydrogens (primary N) is 1. The summed E-state index contributed by atoms with van der Waals surface area (Å²) in [6.07, 6.45) is -0.440. The van der Waals surface area contributed by atoms with Gasteiger partial charge < -0.3 is 10.1 Å². The summed E-state index contributed by atoms with van der Waals surface area (Å²) < 4.78 is 4.97. The molecule has 0 aliphatic rings. The predicted octanol–water partition coefficient (Wildman–Crippen LogP) is 0.481. The van der Waals surface area contributed by atoms with Crippen LogP contribution in [-0.2, 0) is 16.2 Å². The van der Waals surface area contributed by atoms with Gasteiger partial charge in [-0.2, -0.15) is 0 Å². The van der Waals surface area contributed by atoms with Gasteiger partial charge in [-0.1, -0.05) is 12.1 Å². The second-order valence-electron chi connectivity index (χ2n) is 2.90. The van der Waals surface area contributed by atoms with Crippen LogP contribution in [0.4, 0.5) is 5.69 Å². The minimum atomic E-state index is -0.440. The number of benzene rings is 1. The summed E-state index contributed by atoms with van der Waals surface area (Å²) in [7, 11) is 1.53. The molecule has 5 N–H and O–H groups in total. The van der Waals surface area contributed by atoms with Gasteiger partial charge in [0.1, 0.15) is 6.61 Å². The highest BCUT2D eigenvalue weighted by molar-refractivity contribution is 5.44. The number of ether oxygens (including phenoxy) is 1. The van der Waals surface area contributed by atoms with E-state index in [0.717, 1.165) is 11.3 Å². The number of hydrogen-bond donors (Lipinski definition) is 4. The SMILES string of the molecule is COC(NN)Nc1ccc(COO)cc1. The molecule has 0 saturated heterocycles. The molecule has 1 aromatic carbocycles. The number of nitrogens with one attached hydrogen (secondary N) is 2. The molecular formula is C9H15N3O3. The number of rotatable bonds is 6. The van der Waals surface area contributed by atoms with Crippen LogP contribution in [0, 0.1) is 0 Å². The number of hydrogen-bond acceptors (Lipinski definition) is 6. The zero-order valence-corrected chi connectivity index (χ0v) is 8.43. The molecular weight excluding hydrogens is 198 g/mol. The zero-order chi connectivity index (χ0) is 11.1. The summed E-state index contributed by atoms with van der Waals surface area (Å²) in [5.74, 6) is 5.22. The van der Waals surface area contributed by atoms with E-state index in [9.17, 15) is 0 Å². The molecule has 1 rings (SSSR count). The highest BCUT2D eigenvalue weighted by Gasteiger charge is 2.02. The third-order valence-corrected chi connectivity index (χ3v) is 1.87. The molecule has 0 aliphatic carbocycles. The smallest absolute Gasteiger partial charge is 0.196 e. The van der Waals surface area contributed by atoms with Crippen molar-refractivity contribution in [1.29, 1.82) is 0 Å². The van der Waals surface area contributed by atoms with E-state index in [0.29, 0.717) is 0 Å². The average molecular weight is 213 g/mol. The summed E-state index contributed by atoms with van der Waals surface area (Å²) in [5, 5.41) is 11.2. The lowest BCUT2D eigenvalue weighted by molar-refractivity contribution is -0.253. The second kappa shape index (κ2) is 6.33. The molecule has 1 unspecified atom stereocenters. The van der Waals surface area contributed by atoms with Gasteiger partial charge in [-0.05, 0) is 17.7 Å². The van der Waals surface area contributed by atoms with Crippen LogP contribution >= 0.6 is 0 Å². The maximum Gasteiger partial charge on any atom is 0.196 e. The Hall–Kier alpha value is -1.18. The Morgan fingerprint density at radius 3 is 2.53 bits per heavy atom. The van der Waals surface area contributed by atoms with E-state index in [1.165, 1.54) is 7.11 Å². The fraction of sp³-hybridized carbons (Fsp3) is 0.333. The van der Waals surface area contributed by atoms with Crippen molar-refractivity contribution in [3.8, 4) is 0 Å². The van der Waals surface area contributed by atoms with Gasteiger partial charge in [0, 0.05) is 12.8 Å². The summed E-state index contributed by atoms with van der Waals surface area (Å²) in [5.41, 5.74) is 4.16. The predicted molar refractivity (Wildman–Crippen MR) is 55.6 cm³/mol. The van der Waals surface area contributed by atoms with Gasteiger partial charge in [-0.15, -0.1) is 0 Å². The highest BCUT2D eigenvalue weighted by Crippen LogP contribution is 2.10. The first-order valence-corrected chi connectivity index (χ1v) is 4.41. The van der Waals surface area contributed by atoms with Gasteiger partial charge in [-0.3, -0.25) is 11.1 Å². The zero-order valence-electron chi connectivity index (χ0n) is 8.43. The van der Waals surface area contributed by atoms with E-state index in [1.807, 2.05) is 24.3 Å². The first-order chi connectivity index (χ1) is 7.30. The van der Waals surface area contributed by atoms with Gasteiger partial charge in [-0.25, -0.2) is 10.3 Å². The van der Waals surface area contributed by atoms with Gasteiger partial charge in [0.25, 0.3) is 0 Å². The van der Waals surface area contributed by atoms with E-state index < -0.39 is 6.35 Å². The van der Waals surface area contributed by atoms with Gasteiger partial charge >= 0.3 is 0 Å². The van der Waals surface area contributed by atoms with Crippen LogP contribution in [0.3, 0.4) is 0 Å². The third-order valence-electron chi connectivity index (χ3n) is 1.87. The molecule has 6 nitrogen and oxygen atoms in total. The molecule has 0 spiro atoms.